The van der Waals surface area contributed by atoms with E-state index in [1.54, 1.807) is 80.8 Å². The maximum absolute atomic E-state index is 13.3. The molecule has 0 saturated carbocycles. The SMILES string of the molecule is CCC(C)(C)C(CC(O)CCN1C(=O)c2cccc3cccc(c23)C1=O)OO.CCC(C)(C)C(CCCCOc1cccc2ccc(C3C(=O)c4c(Cl)c(Cl)c(Cl)c(Cl)c4C3=O)nc12)OO.CCC(C)c1ccccc1.CCC(COCC(O)CCn1c2ccccc2c(=O)c2ccccc21)OC.CCN1C(=O)c2ccccc2C1=O. The Kier molecular flexibility index (Phi) is 33.0. The number of benzene rings is 8. The lowest BCUT2D eigenvalue weighted by Gasteiger charge is -2.33. The summed E-state index contributed by atoms with van der Waals surface area (Å²) < 4.78 is 19.0. The number of Topliss-reactive ketones (excluding diaryl/α,β-unsaturated/α-hetero) is 2. The van der Waals surface area contributed by atoms with Crippen LogP contribution in [-0.2, 0) is 25.8 Å². The van der Waals surface area contributed by atoms with Crippen molar-refractivity contribution in [3.05, 3.63) is 245 Å². The molecule has 10 aromatic rings. The monoisotopic (exact) mass is 1660 g/mol. The molecule has 3 aliphatic rings. The van der Waals surface area contributed by atoms with Crippen LogP contribution in [0.5, 0.6) is 5.75 Å². The van der Waals surface area contributed by atoms with Crippen molar-refractivity contribution in [2.24, 2.45) is 10.8 Å². The molecule has 6 unspecified atom stereocenters. The molecule has 616 valence electrons. The number of para-hydroxylation sites is 3. The molecular weight excluding hydrogens is 1560 g/mol. The predicted octanol–water partition coefficient (Wildman–Crippen LogP) is 20.6. The summed E-state index contributed by atoms with van der Waals surface area (Å²) in [5.41, 5.74) is 5.60. The van der Waals surface area contributed by atoms with Crippen molar-refractivity contribution >= 4 is 125 Å². The Bertz CT molecular complexity index is 5000. The maximum atomic E-state index is 13.3. The number of aliphatic hydroxyl groups is 2. The van der Waals surface area contributed by atoms with Gasteiger partial charge in [0.1, 0.15) is 23.3 Å². The molecular formula is C92H104Cl4N4O16. The Morgan fingerprint density at radius 2 is 1.01 bits per heavy atom. The van der Waals surface area contributed by atoms with Gasteiger partial charge in [0.15, 0.2) is 17.0 Å². The Morgan fingerprint density at radius 1 is 0.509 bits per heavy atom. The average molecular weight is 1660 g/mol. The van der Waals surface area contributed by atoms with E-state index in [-0.39, 0.29) is 115 Å². The van der Waals surface area contributed by atoms with Crippen LogP contribution < -0.4 is 10.2 Å². The van der Waals surface area contributed by atoms with Gasteiger partial charge >= 0.3 is 0 Å². The Balaban J connectivity index is 0.000000176. The van der Waals surface area contributed by atoms with Gasteiger partial charge in [-0.15, -0.1) is 0 Å². The van der Waals surface area contributed by atoms with Crippen molar-refractivity contribution in [3.63, 3.8) is 0 Å². The van der Waals surface area contributed by atoms with Crippen LogP contribution >= 0.6 is 46.4 Å². The number of hydrogen-bond donors (Lipinski definition) is 4. The van der Waals surface area contributed by atoms with Crippen LogP contribution in [0, 0.1) is 10.8 Å². The normalized spacial score (nSPS) is 14.9. The van der Waals surface area contributed by atoms with Gasteiger partial charge in [-0.2, -0.15) is 0 Å². The topological polar surface area (TPSA) is 271 Å². The van der Waals surface area contributed by atoms with Gasteiger partial charge in [-0.3, -0.25) is 53.9 Å². The van der Waals surface area contributed by atoms with Crippen molar-refractivity contribution in [1.82, 2.24) is 19.4 Å². The summed E-state index contributed by atoms with van der Waals surface area (Å²) in [7, 11) is 1.67. The van der Waals surface area contributed by atoms with Gasteiger partial charge in [-0.05, 0) is 153 Å². The molecule has 2 aliphatic heterocycles. The minimum Gasteiger partial charge on any atom is -0.491 e. The number of aliphatic hydroxyl groups excluding tert-OH is 2. The molecule has 4 heterocycles. The lowest BCUT2D eigenvalue weighted by molar-refractivity contribution is -0.306. The van der Waals surface area contributed by atoms with E-state index < -0.39 is 35.8 Å². The minimum atomic E-state index is -1.22. The lowest BCUT2D eigenvalue weighted by atomic mass is 9.81. The second-order valence-electron chi connectivity index (χ2n) is 30.5. The number of hydrogen-bond acceptors (Lipinski definition) is 17. The zero-order valence-electron chi connectivity index (χ0n) is 67.5. The summed E-state index contributed by atoms with van der Waals surface area (Å²) in [6.45, 7) is 22.7. The van der Waals surface area contributed by atoms with Gasteiger partial charge in [0.05, 0.1) is 103 Å². The van der Waals surface area contributed by atoms with Crippen molar-refractivity contribution in [1.29, 1.82) is 0 Å². The Hall–Kier alpha value is -8.84. The first-order valence-corrected chi connectivity index (χ1v) is 41.0. The molecule has 0 bridgehead atoms. The number of aryl methyl sites for hydroxylation is 1. The van der Waals surface area contributed by atoms with Crippen LogP contribution in [-0.4, -0.2) is 146 Å². The Morgan fingerprint density at radius 3 is 1.53 bits per heavy atom. The molecule has 0 saturated heterocycles. The highest BCUT2D eigenvalue weighted by molar-refractivity contribution is 6.56. The number of rotatable bonds is 30. The number of unbranched alkanes of at least 4 members (excludes halogenated alkanes) is 1. The fourth-order valence-corrected chi connectivity index (χ4v) is 15.2. The number of nitrogens with zero attached hydrogens (tertiary/aromatic N) is 4. The van der Waals surface area contributed by atoms with Gasteiger partial charge < -0.3 is 29.0 Å². The average Bonchev–Trinajstić information content (AvgIpc) is 1.53. The fraction of sp³-hybridized carbons (Fsp3) is 0.391. The first kappa shape index (κ1) is 91.1. The van der Waals surface area contributed by atoms with Gasteiger partial charge in [-0.25, -0.2) is 14.8 Å². The molecule has 0 radical (unpaired) electrons. The molecule has 4 N–H and O–H groups in total. The van der Waals surface area contributed by atoms with Crippen LogP contribution in [0.4, 0.5) is 0 Å². The number of methoxy groups -OCH3 is 1. The highest BCUT2D eigenvalue weighted by Gasteiger charge is 2.46. The summed E-state index contributed by atoms with van der Waals surface area (Å²) in [4.78, 5) is 105. The smallest absolute Gasteiger partial charge is 0.261 e. The number of amides is 4. The number of pyridine rings is 2. The van der Waals surface area contributed by atoms with Gasteiger partial charge in [0.25, 0.3) is 23.6 Å². The van der Waals surface area contributed by atoms with Crippen LogP contribution in [0.15, 0.2) is 175 Å². The van der Waals surface area contributed by atoms with E-state index in [2.05, 4.69) is 79.4 Å². The number of halogens is 4. The minimum absolute atomic E-state index is 0.0380. The summed E-state index contributed by atoms with van der Waals surface area (Å²) in [6, 6.07) is 52.5. The van der Waals surface area contributed by atoms with Crippen molar-refractivity contribution in [2.45, 2.75) is 182 Å². The van der Waals surface area contributed by atoms with E-state index in [4.69, 9.17) is 65.5 Å². The van der Waals surface area contributed by atoms with Gasteiger partial charge in [0, 0.05) is 65.8 Å². The molecule has 0 fully saturated rings. The molecule has 24 heteroatoms. The maximum Gasteiger partial charge on any atom is 0.261 e. The second-order valence-corrected chi connectivity index (χ2v) is 32.0. The molecule has 1 aliphatic carbocycles. The van der Waals surface area contributed by atoms with E-state index in [0.717, 1.165) is 53.9 Å². The van der Waals surface area contributed by atoms with E-state index in [1.165, 1.54) is 21.8 Å². The van der Waals surface area contributed by atoms with Gasteiger partial charge in [0.2, 0.25) is 0 Å². The zero-order chi connectivity index (χ0) is 84.3. The van der Waals surface area contributed by atoms with Crippen LogP contribution in [0.25, 0.3) is 43.5 Å². The van der Waals surface area contributed by atoms with Crippen molar-refractivity contribution in [3.8, 4) is 5.75 Å². The summed E-state index contributed by atoms with van der Waals surface area (Å²) in [6.07, 6.45) is 4.87. The number of carbonyl (C=O) groups excluding carboxylic acids is 6. The summed E-state index contributed by atoms with van der Waals surface area (Å²) in [5.74, 6) is -2.08. The number of ketones is 2. The summed E-state index contributed by atoms with van der Waals surface area (Å²) in [5, 5.41) is 42.7. The molecule has 13 rings (SSSR count). The highest BCUT2D eigenvalue weighted by Crippen LogP contribution is 2.48. The van der Waals surface area contributed by atoms with Crippen LogP contribution in [0.3, 0.4) is 0 Å². The first-order chi connectivity index (χ1) is 55.6. The number of imide groups is 2. The van der Waals surface area contributed by atoms with E-state index in [0.29, 0.717) is 94.7 Å². The molecule has 8 aromatic carbocycles. The lowest BCUT2D eigenvalue weighted by Crippen LogP contribution is -2.42. The van der Waals surface area contributed by atoms with Crippen LogP contribution in [0.2, 0.25) is 20.1 Å². The number of aromatic nitrogens is 2. The second kappa shape index (κ2) is 42.0. The molecule has 6 atom stereocenters. The number of fused-ring (bicyclic) bond motifs is 5. The first-order valence-electron chi connectivity index (χ1n) is 39.5. The molecule has 0 spiro atoms. The quantitative estimate of drug-likeness (QED) is 0.00476. The van der Waals surface area contributed by atoms with E-state index >= 15 is 0 Å². The third kappa shape index (κ3) is 21.0. The largest absolute Gasteiger partial charge is 0.491 e. The van der Waals surface area contributed by atoms with E-state index in [9.17, 15) is 54.3 Å². The van der Waals surface area contributed by atoms with Crippen molar-refractivity contribution < 1.29 is 73.5 Å². The van der Waals surface area contributed by atoms with Crippen molar-refractivity contribution in [2.75, 3.05) is 40.0 Å². The highest BCUT2D eigenvalue weighted by atomic mass is 35.5. The molecule has 2 aromatic heterocycles. The number of carbonyl (C=O) groups is 6. The Labute approximate surface area is 697 Å². The standard InChI is InChI=1S/C28H27Cl4NO5.C22H27NO5.C22H27NO4.C10H9NO2.C10H14/c1-4-28(2,3)17(38-36)10-5-6-13-37-16-9-7-8-14-11-12-15(33-25(14)16)18-26(34)19-20(27(18)35)22(30)24(32)23(31)21(19)29;1-4-22(2,3)18(28-27)13-15(24)11-12-23-20(25)16-9-5-7-14-8-6-10-17(19(14)16)21(23)26;1-3-17(26-2)15-27-14-16(24)12-13-23-20-10-6-4-8-18(20)22(25)19-9-5-7-11-21(19)23;1-2-11-9(12)7-5-3-4-6-8(7)10(11)13;1-3-9(2)10-7-5-4-6-8-10/h7-9,11-12,17-18,36H,4-6,10,13H2,1-3H3;5-10,15,18,24,27H,4,11-13H2,1-3H3;4-11,16-17,24H,3,12-15H2,1-2H3;3-6H,2H2,1H3;4-9H,3H2,1-2H3. The third-order valence-electron chi connectivity index (χ3n) is 22.4. The van der Waals surface area contributed by atoms with Crippen LogP contribution in [0.1, 0.15) is 219 Å². The molecule has 116 heavy (non-hydrogen) atoms. The molecule has 4 amide bonds. The zero-order valence-corrected chi connectivity index (χ0v) is 70.5. The van der Waals surface area contributed by atoms with Gasteiger partial charge in [-0.1, -0.05) is 218 Å². The number of ether oxygens (including phenoxy) is 3. The van der Waals surface area contributed by atoms with E-state index in [1.807, 2.05) is 100 Å². The molecule has 20 nitrogen and oxygen atoms in total. The predicted molar refractivity (Wildman–Crippen MR) is 458 cm³/mol. The third-order valence-corrected chi connectivity index (χ3v) is 24.2. The fourth-order valence-electron chi connectivity index (χ4n) is 14.2. The summed E-state index contributed by atoms with van der Waals surface area (Å²) >= 11 is 24.8.